The van der Waals surface area contributed by atoms with E-state index in [0.29, 0.717) is 39.4 Å². The summed E-state index contributed by atoms with van der Waals surface area (Å²) in [5.41, 5.74) is 8.43. The first-order chi connectivity index (χ1) is 21.2. The number of hydrogen-bond acceptors (Lipinski definition) is 9. The van der Waals surface area contributed by atoms with Crippen molar-refractivity contribution in [3.05, 3.63) is 107 Å². The van der Waals surface area contributed by atoms with E-state index in [1.165, 1.54) is 0 Å². The fourth-order valence-corrected chi connectivity index (χ4v) is 6.38. The standard InChI is InChI=1S/C33H27N9S/c1-2-27(20-7-4-3-5-8-20)39-31-22(16-35)17-36-30-21(15-34)13-23(14-26(30)31)38-32(29-18-42(41-40-29)24-11-12-24)25-9-6-10-28-33(25)43-19-37-28/h3-10,13-14,17-19,24,27,32,38H,2,11-12H2,1H3,(H,36,39)/t27-,32?/m1/s1. The number of pyridine rings is 1. The van der Waals surface area contributed by atoms with Crippen LogP contribution in [0.3, 0.4) is 0 Å². The van der Waals surface area contributed by atoms with E-state index in [0.717, 1.165) is 46.3 Å². The van der Waals surface area contributed by atoms with Crippen molar-refractivity contribution < 1.29 is 0 Å². The molecule has 1 saturated carbocycles. The number of nitriles is 2. The number of nitrogens with zero attached hydrogens (tertiary/aromatic N) is 7. The Labute approximate surface area is 252 Å². The Bertz CT molecular complexity index is 2030. The zero-order valence-electron chi connectivity index (χ0n) is 23.4. The van der Waals surface area contributed by atoms with Crippen LogP contribution in [-0.4, -0.2) is 25.0 Å². The summed E-state index contributed by atoms with van der Waals surface area (Å²) in [4.78, 5) is 9.07. The Morgan fingerprint density at radius 3 is 2.60 bits per heavy atom. The molecule has 210 valence electrons. The van der Waals surface area contributed by atoms with Gasteiger partial charge in [0.15, 0.2) is 0 Å². The molecule has 43 heavy (non-hydrogen) atoms. The second kappa shape index (κ2) is 11.2. The van der Waals surface area contributed by atoms with Gasteiger partial charge in [-0.2, -0.15) is 10.5 Å². The molecule has 6 aromatic rings. The van der Waals surface area contributed by atoms with Gasteiger partial charge in [0.1, 0.15) is 17.8 Å². The van der Waals surface area contributed by atoms with Gasteiger partial charge in [-0.25, -0.2) is 9.67 Å². The first kappa shape index (κ1) is 26.6. The number of nitrogens with one attached hydrogen (secondary N) is 2. The molecule has 0 spiro atoms. The molecule has 9 nitrogen and oxygen atoms in total. The first-order valence-corrected chi connectivity index (χ1v) is 15.1. The summed E-state index contributed by atoms with van der Waals surface area (Å²) in [6, 6.07) is 24.6. The Hall–Kier alpha value is -5.32. The van der Waals surface area contributed by atoms with E-state index in [1.54, 1.807) is 17.5 Å². The molecule has 1 unspecified atom stereocenters. The van der Waals surface area contributed by atoms with Gasteiger partial charge >= 0.3 is 0 Å². The van der Waals surface area contributed by atoms with Gasteiger partial charge in [-0.15, -0.1) is 16.4 Å². The largest absolute Gasteiger partial charge is 0.377 e. The lowest BCUT2D eigenvalue weighted by Gasteiger charge is -2.22. The number of fused-ring (bicyclic) bond motifs is 2. The minimum atomic E-state index is -0.350. The summed E-state index contributed by atoms with van der Waals surface area (Å²) < 4.78 is 3.00. The fourth-order valence-electron chi connectivity index (χ4n) is 5.55. The molecule has 0 amide bonds. The molecule has 1 aliphatic rings. The maximum atomic E-state index is 10.2. The third-order valence-electron chi connectivity index (χ3n) is 7.89. The van der Waals surface area contributed by atoms with Gasteiger partial charge in [0.05, 0.1) is 62.4 Å². The highest BCUT2D eigenvalue weighted by molar-refractivity contribution is 7.17. The van der Waals surface area contributed by atoms with Crippen LogP contribution < -0.4 is 10.6 Å². The molecule has 3 aromatic heterocycles. The topological polar surface area (TPSA) is 128 Å². The number of hydrogen-bond donors (Lipinski definition) is 2. The number of anilines is 2. The van der Waals surface area contributed by atoms with Crippen LogP contribution in [0.2, 0.25) is 0 Å². The van der Waals surface area contributed by atoms with Crippen LogP contribution in [0.4, 0.5) is 11.4 Å². The summed E-state index contributed by atoms with van der Waals surface area (Å²) in [6.07, 6.45) is 6.56. The van der Waals surface area contributed by atoms with E-state index in [9.17, 15) is 10.5 Å². The SMILES string of the molecule is CC[C@@H](Nc1c(C#N)cnc2c(C#N)cc(NC(c3cn(C4CC4)nn3)c3cccc4ncsc34)cc12)c1ccccc1. The zero-order chi connectivity index (χ0) is 29.3. The molecule has 0 bridgehead atoms. The average molecular weight is 582 g/mol. The highest BCUT2D eigenvalue weighted by Crippen LogP contribution is 2.39. The van der Waals surface area contributed by atoms with Gasteiger partial charge < -0.3 is 10.6 Å². The molecule has 0 radical (unpaired) electrons. The molecule has 10 heteroatoms. The van der Waals surface area contributed by atoms with Crippen LogP contribution >= 0.6 is 11.3 Å². The predicted octanol–water partition coefficient (Wildman–Crippen LogP) is 7.28. The number of thiazole rings is 1. The molecular formula is C33H27N9S. The molecule has 7 rings (SSSR count). The van der Waals surface area contributed by atoms with E-state index in [2.05, 4.69) is 68.2 Å². The van der Waals surface area contributed by atoms with Gasteiger partial charge in [-0.1, -0.05) is 54.6 Å². The van der Waals surface area contributed by atoms with Crippen molar-refractivity contribution >= 4 is 43.8 Å². The van der Waals surface area contributed by atoms with Crippen LogP contribution in [0, 0.1) is 22.7 Å². The van der Waals surface area contributed by atoms with Gasteiger partial charge in [0.2, 0.25) is 0 Å². The average Bonchev–Trinajstić information content (AvgIpc) is 3.57. The van der Waals surface area contributed by atoms with Gasteiger partial charge in [-0.05, 0) is 48.6 Å². The minimum absolute atomic E-state index is 0.0322. The Balaban J connectivity index is 1.36. The fraction of sp³-hybridized carbons (Fsp3) is 0.212. The molecule has 3 aromatic carbocycles. The van der Waals surface area contributed by atoms with Crippen molar-refractivity contribution in [2.75, 3.05) is 10.6 Å². The van der Waals surface area contributed by atoms with E-state index < -0.39 is 0 Å². The normalized spacial score (nSPS) is 14.2. The molecular weight excluding hydrogens is 554 g/mol. The van der Waals surface area contributed by atoms with E-state index in [1.807, 2.05) is 58.9 Å². The molecule has 1 aliphatic carbocycles. The quantitative estimate of drug-likeness (QED) is 0.182. The molecule has 0 aliphatic heterocycles. The highest BCUT2D eigenvalue weighted by atomic mass is 32.1. The summed E-state index contributed by atoms with van der Waals surface area (Å²) in [5.74, 6) is 0. The van der Waals surface area contributed by atoms with Gasteiger partial charge in [0, 0.05) is 17.3 Å². The first-order valence-electron chi connectivity index (χ1n) is 14.3. The highest BCUT2D eigenvalue weighted by Gasteiger charge is 2.28. The maximum absolute atomic E-state index is 10.2. The maximum Gasteiger partial charge on any atom is 0.110 e. The third-order valence-corrected chi connectivity index (χ3v) is 8.79. The van der Waals surface area contributed by atoms with Crippen molar-refractivity contribution in [3.8, 4) is 12.1 Å². The monoisotopic (exact) mass is 581 g/mol. The van der Waals surface area contributed by atoms with Crippen LogP contribution in [-0.2, 0) is 0 Å². The van der Waals surface area contributed by atoms with Crippen molar-refractivity contribution in [1.29, 1.82) is 10.5 Å². The molecule has 3 heterocycles. The smallest absolute Gasteiger partial charge is 0.110 e. The summed E-state index contributed by atoms with van der Waals surface area (Å²) in [6.45, 7) is 2.10. The second-order valence-electron chi connectivity index (χ2n) is 10.7. The zero-order valence-corrected chi connectivity index (χ0v) is 24.2. The van der Waals surface area contributed by atoms with Gasteiger partial charge in [-0.3, -0.25) is 4.98 Å². The van der Waals surface area contributed by atoms with E-state index in [-0.39, 0.29) is 12.1 Å². The Morgan fingerprint density at radius 1 is 1.00 bits per heavy atom. The van der Waals surface area contributed by atoms with Crippen LogP contribution in [0.5, 0.6) is 0 Å². The van der Waals surface area contributed by atoms with Crippen molar-refractivity contribution in [2.24, 2.45) is 0 Å². The molecule has 2 N–H and O–H groups in total. The summed E-state index contributed by atoms with van der Waals surface area (Å²) in [7, 11) is 0. The third kappa shape index (κ3) is 5.03. The second-order valence-corrected chi connectivity index (χ2v) is 11.5. The van der Waals surface area contributed by atoms with Crippen molar-refractivity contribution in [1.82, 2.24) is 25.0 Å². The van der Waals surface area contributed by atoms with Crippen LogP contribution in [0.1, 0.15) is 72.3 Å². The molecule has 1 fully saturated rings. The van der Waals surface area contributed by atoms with Crippen molar-refractivity contribution in [3.63, 3.8) is 0 Å². The predicted molar refractivity (Wildman–Crippen MR) is 168 cm³/mol. The van der Waals surface area contributed by atoms with Crippen LogP contribution in [0.15, 0.2) is 78.6 Å². The van der Waals surface area contributed by atoms with E-state index in [4.69, 9.17) is 0 Å². The number of aromatic nitrogens is 5. The van der Waals surface area contributed by atoms with E-state index >= 15 is 0 Å². The lowest BCUT2D eigenvalue weighted by molar-refractivity contribution is 0.610. The number of rotatable bonds is 9. The molecule has 2 atom stereocenters. The van der Waals surface area contributed by atoms with Gasteiger partial charge in [0.25, 0.3) is 0 Å². The Kier molecular flexibility index (Phi) is 6.90. The number of benzene rings is 3. The van der Waals surface area contributed by atoms with Crippen molar-refractivity contribution in [2.45, 2.75) is 44.3 Å². The minimum Gasteiger partial charge on any atom is -0.377 e. The Morgan fingerprint density at radius 2 is 1.84 bits per heavy atom. The van der Waals surface area contributed by atoms with Crippen LogP contribution in [0.25, 0.3) is 21.1 Å². The lowest BCUT2D eigenvalue weighted by atomic mass is 10.00. The summed E-state index contributed by atoms with van der Waals surface area (Å²) in [5, 5.41) is 37.3. The lowest BCUT2D eigenvalue weighted by Crippen LogP contribution is -2.14. The molecule has 0 saturated heterocycles. The summed E-state index contributed by atoms with van der Waals surface area (Å²) >= 11 is 1.58.